The molecule has 0 atom stereocenters. The molecule has 6 heteroatoms. The topological polar surface area (TPSA) is 119 Å². The van der Waals surface area contributed by atoms with Crippen LogP contribution in [-0.4, -0.2) is 4.92 Å². The van der Waals surface area contributed by atoms with Crippen molar-refractivity contribution >= 4 is 17.1 Å². The maximum Gasteiger partial charge on any atom is 0.275 e. The molecule has 1 aromatic rings. The molecule has 1 aromatic carbocycles. The smallest absolute Gasteiger partial charge is 0.275 e. The highest BCUT2D eigenvalue weighted by molar-refractivity contribution is 5.78. The second-order valence-corrected chi connectivity index (χ2v) is 2.76. The molecule has 1 rings (SSSR count). The van der Waals surface area contributed by atoms with Gasteiger partial charge in [0.25, 0.3) is 5.69 Å². The molecule has 0 spiro atoms. The zero-order valence-electron chi connectivity index (χ0n) is 7.44. The molecule has 0 aliphatic rings. The first-order chi connectivity index (χ1) is 6.49. The number of hydrogen-bond acceptors (Lipinski definition) is 5. The van der Waals surface area contributed by atoms with Gasteiger partial charge in [0.05, 0.1) is 27.4 Å². The van der Waals surface area contributed by atoms with Crippen molar-refractivity contribution in [2.75, 3.05) is 11.5 Å². The molecule has 14 heavy (non-hydrogen) atoms. The van der Waals surface area contributed by atoms with Gasteiger partial charge in [0.2, 0.25) is 0 Å². The van der Waals surface area contributed by atoms with Crippen molar-refractivity contribution in [1.29, 1.82) is 5.26 Å². The second kappa shape index (κ2) is 3.22. The van der Waals surface area contributed by atoms with E-state index >= 15 is 0 Å². The van der Waals surface area contributed by atoms with Crippen molar-refractivity contribution in [3.05, 3.63) is 27.3 Å². The van der Waals surface area contributed by atoms with Crippen LogP contribution < -0.4 is 11.5 Å². The van der Waals surface area contributed by atoms with Gasteiger partial charge in [0.15, 0.2) is 0 Å². The van der Waals surface area contributed by atoms with E-state index in [4.69, 9.17) is 16.7 Å². The predicted octanol–water partition coefficient (Wildman–Crippen LogP) is 0.939. The molecule has 0 saturated heterocycles. The van der Waals surface area contributed by atoms with E-state index in [9.17, 15) is 10.1 Å². The number of nitro groups is 1. The van der Waals surface area contributed by atoms with Gasteiger partial charge in [-0.25, -0.2) is 0 Å². The molecule has 72 valence electrons. The Hall–Kier alpha value is -2.29. The Bertz CT molecular complexity index is 448. The maximum atomic E-state index is 10.6. The zero-order chi connectivity index (χ0) is 10.9. The average molecular weight is 192 g/mol. The van der Waals surface area contributed by atoms with Gasteiger partial charge in [-0.2, -0.15) is 5.26 Å². The monoisotopic (exact) mass is 192 g/mol. The van der Waals surface area contributed by atoms with Gasteiger partial charge in [-0.3, -0.25) is 10.1 Å². The standard InChI is InChI=1S/C8H8N4O2/c1-4-6(12(13)14)2-5(3-9)8(11)7(4)10/h2H,10-11H2,1H3. The van der Waals surface area contributed by atoms with Gasteiger partial charge in [0, 0.05) is 6.07 Å². The normalized spacial score (nSPS) is 9.43. The maximum absolute atomic E-state index is 10.6. The first-order valence-corrected chi connectivity index (χ1v) is 3.72. The van der Waals surface area contributed by atoms with Gasteiger partial charge in [0.1, 0.15) is 6.07 Å². The van der Waals surface area contributed by atoms with Crippen LogP contribution in [-0.2, 0) is 0 Å². The fourth-order valence-electron chi connectivity index (χ4n) is 1.09. The lowest BCUT2D eigenvalue weighted by molar-refractivity contribution is -0.385. The third-order valence-electron chi connectivity index (χ3n) is 1.97. The Kier molecular flexibility index (Phi) is 2.25. The van der Waals surface area contributed by atoms with Crippen LogP contribution in [0.5, 0.6) is 0 Å². The lowest BCUT2D eigenvalue weighted by atomic mass is 10.1. The van der Waals surface area contributed by atoms with E-state index in [2.05, 4.69) is 0 Å². The average Bonchev–Trinajstić information content (AvgIpc) is 2.14. The van der Waals surface area contributed by atoms with Gasteiger partial charge < -0.3 is 11.5 Å². The number of nitrogen functional groups attached to an aromatic ring is 2. The molecule has 0 amide bonds. The number of hydrogen-bond donors (Lipinski definition) is 2. The summed E-state index contributed by atoms with van der Waals surface area (Å²) < 4.78 is 0. The summed E-state index contributed by atoms with van der Waals surface area (Å²) in [5.74, 6) is 0. The molecule has 0 aromatic heterocycles. The highest BCUT2D eigenvalue weighted by atomic mass is 16.6. The number of nitriles is 1. The van der Waals surface area contributed by atoms with Gasteiger partial charge >= 0.3 is 0 Å². The van der Waals surface area contributed by atoms with Crippen molar-refractivity contribution < 1.29 is 4.92 Å². The summed E-state index contributed by atoms with van der Waals surface area (Å²) in [6, 6.07) is 2.88. The summed E-state index contributed by atoms with van der Waals surface area (Å²) >= 11 is 0. The lowest BCUT2D eigenvalue weighted by Gasteiger charge is -2.06. The van der Waals surface area contributed by atoms with Crippen molar-refractivity contribution in [3.63, 3.8) is 0 Å². The summed E-state index contributed by atoms with van der Waals surface area (Å²) in [5.41, 5.74) is 11.3. The second-order valence-electron chi connectivity index (χ2n) is 2.76. The van der Waals surface area contributed by atoms with E-state index < -0.39 is 4.92 Å². The molecule has 0 aliphatic heterocycles. The Morgan fingerprint density at radius 3 is 2.50 bits per heavy atom. The van der Waals surface area contributed by atoms with Gasteiger partial charge in [-0.1, -0.05) is 0 Å². The van der Waals surface area contributed by atoms with Crippen molar-refractivity contribution in [2.24, 2.45) is 0 Å². The van der Waals surface area contributed by atoms with E-state index in [-0.39, 0.29) is 28.2 Å². The van der Waals surface area contributed by atoms with Crippen LogP contribution in [0.3, 0.4) is 0 Å². The van der Waals surface area contributed by atoms with E-state index in [1.54, 1.807) is 6.07 Å². The Balaban J connectivity index is 3.59. The number of nitrogens with zero attached hydrogens (tertiary/aromatic N) is 2. The number of nitrogens with two attached hydrogens (primary N) is 2. The van der Waals surface area contributed by atoms with Crippen LogP contribution in [0.1, 0.15) is 11.1 Å². The molecule has 0 radical (unpaired) electrons. The number of rotatable bonds is 1. The SMILES string of the molecule is Cc1c([N+](=O)[O-])cc(C#N)c(N)c1N. The van der Waals surface area contributed by atoms with E-state index in [0.29, 0.717) is 0 Å². The molecular formula is C8H8N4O2. The van der Waals surface area contributed by atoms with E-state index in [1.807, 2.05) is 0 Å². The van der Waals surface area contributed by atoms with E-state index in [0.717, 1.165) is 6.07 Å². The van der Waals surface area contributed by atoms with Gasteiger partial charge in [-0.05, 0) is 6.92 Å². The van der Waals surface area contributed by atoms with Crippen LogP contribution >= 0.6 is 0 Å². The quantitative estimate of drug-likeness (QED) is 0.389. The Morgan fingerprint density at radius 1 is 1.50 bits per heavy atom. The van der Waals surface area contributed by atoms with Crippen LogP contribution in [0.4, 0.5) is 17.1 Å². The Labute approximate surface area is 79.9 Å². The summed E-state index contributed by atoms with van der Waals surface area (Å²) in [6.07, 6.45) is 0. The Morgan fingerprint density at radius 2 is 2.07 bits per heavy atom. The van der Waals surface area contributed by atoms with Crippen molar-refractivity contribution in [1.82, 2.24) is 0 Å². The number of benzene rings is 1. The summed E-state index contributed by atoms with van der Waals surface area (Å²) in [4.78, 5) is 9.96. The van der Waals surface area contributed by atoms with Crippen molar-refractivity contribution in [2.45, 2.75) is 6.92 Å². The summed E-state index contributed by atoms with van der Waals surface area (Å²) in [5, 5.41) is 19.2. The van der Waals surface area contributed by atoms with Crippen LogP contribution in [0.2, 0.25) is 0 Å². The number of nitro benzene ring substituents is 1. The molecule has 0 fully saturated rings. The highest BCUT2D eigenvalue weighted by Gasteiger charge is 2.18. The molecule has 4 N–H and O–H groups in total. The summed E-state index contributed by atoms with van der Waals surface area (Å²) in [6.45, 7) is 1.49. The van der Waals surface area contributed by atoms with Crippen LogP contribution in [0.15, 0.2) is 6.07 Å². The molecule has 6 nitrogen and oxygen atoms in total. The van der Waals surface area contributed by atoms with Gasteiger partial charge in [-0.15, -0.1) is 0 Å². The van der Waals surface area contributed by atoms with Crippen LogP contribution in [0, 0.1) is 28.4 Å². The highest BCUT2D eigenvalue weighted by Crippen LogP contribution is 2.31. The molecule has 0 saturated carbocycles. The first-order valence-electron chi connectivity index (χ1n) is 3.72. The number of anilines is 2. The van der Waals surface area contributed by atoms with E-state index in [1.165, 1.54) is 6.92 Å². The molecule has 0 heterocycles. The minimum atomic E-state index is -0.591. The molecule has 0 unspecified atom stereocenters. The lowest BCUT2D eigenvalue weighted by Crippen LogP contribution is -2.03. The fourth-order valence-corrected chi connectivity index (χ4v) is 1.09. The molecule has 0 bridgehead atoms. The summed E-state index contributed by atoms with van der Waals surface area (Å²) in [7, 11) is 0. The molecule has 0 aliphatic carbocycles. The first kappa shape index (κ1) is 9.80. The largest absolute Gasteiger partial charge is 0.397 e. The minimum Gasteiger partial charge on any atom is -0.397 e. The van der Waals surface area contributed by atoms with Crippen molar-refractivity contribution in [3.8, 4) is 6.07 Å². The van der Waals surface area contributed by atoms with Crippen LogP contribution in [0.25, 0.3) is 0 Å². The fraction of sp³-hybridized carbons (Fsp3) is 0.125. The third kappa shape index (κ3) is 1.31. The minimum absolute atomic E-state index is 0.0276. The third-order valence-corrected chi connectivity index (χ3v) is 1.97. The predicted molar refractivity (Wildman–Crippen MR) is 51.4 cm³/mol. The zero-order valence-corrected chi connectivity index (χ0v) is 7.44. The molecular weight excluding hydrogens is 184 g/mol.